The molecule has 0 heterocycles. The summed E-state index contributed by atoms with van der Waals surface area (Å²) < 4.78 is 0.914. The van der Waals surface area contributed by atoms with E-state index in [-0.39, 0.29) is 0 Å². The van der Waals surface area contributed by atoms with Crippen LogP contribution in [0.5, 0.6) is 0 Å². The number of nitrogens with two attached hydrogens (primary N) is 2. The van der Waals surface area contributed by atoms with Crippen molar-refractivity contribution in [3.8, 4) is 0 Å². The molecule has 5 N–H and O–H groups in total. The van der Waals surface area contributed by atoms with Crippen LogP contribution in [0.2, 0.25) is 0 Å². The molecular weight excluding hydrogens is 248 g/mol. The monoisotopic (exact) mass is 258 g/mol. The number of hydrogen-bond donors (Lipinski definition) is 3. The number of carboxylic acid groups (broad SMARTS) is 1. The third kappa shape index (κ3) is 2.54. The predicted octanol–water partition coefficient (Wildman–Crippen LogP) is 0.861. The summed E-state index contributed by atoms with van der Waals surface area (Å²) in [6.45, 7) is 0. The van der Waals surface area contributed by atoms with Gasteiger partial charge in [-0.05, 0) is 17.7 Å². The summed E-state index contributed by atoms with van der Waals surface area (Å²) in [5, 5.41) is 8.65. The highest BCUT2D eigenvalue weighted by molar-refractivity contribution is 9.10. The summed E-state index contributed by atoms with van der Waals surface area (Å²) in [6.07, 6.45) is 0. The van der Waals surface area contributed by atoms with Crippen LogP contribution in [0.4, 0.5) is 0 Å². The molecule has 0 amide bonds. The Morgan fingerprint density at radius 1 is 1.29 bits per heavy atom. The number of benzene rings is 1. The van der Waals surface area contributed by atoms with Crippen LogP contribution >= 0.6 is 15.9 Å². The van der Waals surface area contributed by atoms with E-state index in [0.717, 1.165) is 4.47 Å². The highest BCUT2D eigenvalue weighted by Gasteiger charge is 2.21. The van der Waals surface area contributed by atoms with Crippen molar-refractivity contribution in [3.63, 3.8) is 0 Å². The third-order valence-corrected chi connectivity index (χ3v) is 2.46. The summed E-state index contributed by atoms with van der Waals surface area (Å²) in [5.41, 5.74) is 11.8. The van der Waals surface area contributed by atoms with Gasteiger partial charge in [0.2, 0.25) is 0 Å². The molecule has 0 spiro atoms. The Balaban J connectivity index is 2.84. The molecule has 4 nitrogen and oxygen atoms in total. The molecule has 0 aliphatic heterocycles. The number of rotatable bonds is 3. The van der Waals surface area contributed by atoms with Gasteiger partial charge in [-0.25, -0.2) is 0 Å². The Morgan fingerprint density at radius 2 is 1.79 bits per heavy atom. The Bertz CT molecular complexity index is 326. The minimum atomic E-state index is -1.10. The third-order valence-electron chi connectivity index (χ3n) is 1.93. The van der Waals surface area contributed by atoms with Gasteiger partial charge in [-0.1, -0.05) is 28.1 Å². The topological polar surface area (TPSA) is 89.3 Å². The number of carboxylic acids is 1. The summed E-state index contributed by atoms with van der Waals surface area (Å²) in [7, 11) is 0. The Kier molecular flexibility index (Phi) is 3.62. The molecule has 2 unspecified atom stereocenters. The van der Waals surface area contributed by atoms with E-state index >= 15 is 0 Å². The van der Waals surface area contributed by atoms with Crippen LogP contribution in [0.25, 0.3) is 0 Å². The number of halogens is 1. The average Bonchev–Trinajstić information content (AvgIpc) is 2.16. The van der Waals surface area contributed by atoms with Crippen LogP contribution in [0, 0.1) is 0 Å². The highest BCUT2D eigenvalue weighted by Crippen LogP contribution is 2.16. The van der Waals surface area contributed by atoms with E-state index in [1.807, 2.05) is 0 Å². The second-order valence-electron chi connectivity index (χ2n) is 2.94. The molecule has 0 aliphatic carbocycles. The smallest absolute Gasteiger partial charge is 0.322 e. The molecule has 0 saturated heterocycles. The van der Waals surface area contributed by atoms with E-state index in [9.17, 15) is 4.79 Å². The van der Waals surface area contributed by atoms with Crippen molar-refractivity contribution in [1.29, 1.82) is 0 Å². The predicted molar refractivity (Wildman–Crippen MR) is 56.7 cm³/mol. The molecule has 76 valence electrons. The minimum absolute atomic E-state index is 0.680. The van der Waals surface area contributed by atoms with E-state index < -0.39 is 18.1 Å². The van der Waals surface area contributed by atoms with Gasteiger partial charge in [-0.2, -0.15) is 0 Å². The molecule has 0 bridgehead atoms. The fourth-order valence-corrected chi connectivity index (χ4v) is 1.31. The first-order chi connectivity index (χ1) is 6.52. The lowest BCUT2D eigenvalue weighted by Gasteiger charge is -2.16. The molecule has 0 fully saturated rings. The molecule has 5 heteroatoms. The first-order valence-corrected chi connectivity index (χ1v) is 4.81. The van der Waals surface area contributed by atoms with Gasteiger partial charge in [0.15, 0.2) is 0 Å². The first kappa shape index (κ1) is 11.2. The first-order valence-electron chi connectivity index (χ1n) is 4.02. The maximum atomic E-state index is 10.6. The molecular formula is C9H11BrN2O2. The molecule has 0 aliphatic rings. The SMILES string of the molecule is NC(C(=O)O)C(N)c1ccc(Br)cc1. The zero-order valence-electron chi connectivity index (χ0n) is 7.35. The van der Waals surface area contributed by atoms with Gasteiger partial charge in [-0.3, -0.25) is 4.79 Å². The standard InChI is InChI=1S/C9H11BrN2O2/c10-6-3-1-5(2-4-6)7(11)8(12)9(13)14/h1-4,7-8H,11-12H2,(H,13,14). The highest BCUT2D eigenvalue weighted by atomic mass is 79.9. The molecule has 0 aromatic heterocycles. The zero-order chi connectivity index (χ0) is 10.7. The fraction of sp³-hybridized carbons (Fsp3) is 0.222. The van der Waals surface area contributed by atoms with E-state index in [1.54, 1.807) is 24.3 Å². The van der Waals surface area contributed by atoms with Crippen LogP contribution in [-0.2, 0) is 4.79 Å². The van der Waals surface area contributed by atoms with Crippen LogP contribution < -0.4 is 11.5 Å². The van der Waals surface area contributed by atoms with Crippen LogP contribution in [0.15, 0.2) is 28.7 Å². The molecule has 0 saturated carbocycles. The molecule has 1 aromatic carbocycles. The quantitative estimate of drug-likeness (QED) is 0.751. The summed E-state index contributed by atoms with van der Waals surface area (Å²) in [6, 6.07) is 5.33. The van der Waals surface area contributed by atoms with E-state index in [0.29, 0.717) is 5.56 Å². The van der Waals surface area contributed by atoms with Crippen LogP contribution in [0.3, 0.4) is 0 Å². The van der Waals surface area contributed by atoms with Gasteiger partial charge >= 0.3 is 5.97 Å². The van der Waals surface area contributed by atoms with Crippen molar-refractivity contribution in [1.82, 2.24) is 0 Å². The van der Waals surface area contributed by atoms with Gasteiger partial charge in [0.1, 0.15) is 6.04 Å². The van der Waals surface area contributed by atoms with E-state index in [1.165, 1.54) is 0 Å². The van der Waals surface area contributed by atoms with Crippen LogP contribution in [-0.4, -0.2) is 17.1 Å². The lowest BCUT2D eigenvalue weighted by atomic mass is 10.0. The minimum Gasteiger partial charge on any atom is -0.480 e. The second kappa shape index (κ2) is 4.54. The molecule has 0 radical (unpaired) electrons. The molecule has 14 heavy (non-hydrogen) atoms. The van der Waals surface area contributed by atoms with Crippen molar-refractivity contribution in [2.75, 3.05) is 0 Å². The van der Waals surface area contributed by atoms with Gasteiger partial charge < -0.3 is 16.6 Å². The lowest BCUT2D eigenvalue weighted by Crippen LogP contribution is -2.40. The number of aliphatic carboxylic acids is 1. The second-order valence-corrected chi connectivity index (χ2v) is 3.86. The zero-order valence-corrected chi connectivity index (χ0v) is 8.94. The van der Waals surface area contributed by atoms with Gasteiger partial charge in [0, 0.05) is 4.47 Å². The van der Waals surface area contributed by atoms with E-state index in [4.69, 9.17) is 16.6 Å². The maximum absolute atomic E-state index is 10.6. The van der Waals surface area contributed by atoms with Gasteiger partial charge in [0.05, 0.1) is 6.04 Å². The molecule has 1 aromatic rings. The van der Waals surface area contributed by atoms with Crippen molar-refractivity contribution in [3.05, 3.63) is 34.3 Å². The van der Waals surface area contributed by atoms with Crippen molar-refractivity contribution in [2.45, 2.75) is 12.1 Å². The summed E-state index contributed by atoms with van der Waals surface area (Å²) >= 11 is 3.27. The Morgan fingerprint density at radius 3 is 2.21 bits per heavy atom. The molecule has 2 atom stereocenters. The fourth-order valence-electron chi connectivity index (χ4n) is 1.05. The van der Waals surface area contributed by atoms with Crippen molar-refractivity contribution < 1.29 is 9.90 Å². The van der Waals surface area contributed by atoms with Crippen molar-refractivity contribution in [2.24, 2.45) is 11.5 Å². The van der Waals surface area contributed by atoms with Gasteiger partial charge in [-0.15, -0.1) is 0 Å². The number of hydrogen-bond acceptors (Lipinski definition) is 3. The average molecular weight is 259 g/mol. The normalized spacial score (nSPS) is 14.8. The molecule has 1 rings (SSSR count). The Hall–Kier alpha value is -0.910. The van der Waals surface area contributed by atoms with Gasteiger partial charge in [0.25, 0.3) is 0 Å². The largest absolute Gasteiger partial charge is 0.480 e. The summed E-state index contributed by atoms with van der Waals surface area (Å²) in [5.74, 6) is -1.10. The van der Waals surface area contributed by atoms with Crippen LogP contribution in [0.1, 0.15) is 11.6 Å². The lowest BCUT2D eigenvalue weighted by molar-refractivity contribution is -0.139. The van der Waals surface area contributed by atoms with Crippen molar-refractivity contribution >= 4 is 21.9 Å². The van der Waals surface area contributed by atoms with E-state index in [2.05, 4.69) is 15.9 Å². The Labute approximate surface area is 90.0 Å². The summed E-state index contributed by atoms with van der Waals surface area (Å²) in [4.78, 5) is 10.6. The maximum Gasteiger partial charge on any atom is 0.322 e. The number of carbonyl (C=O) groups is 1.